The van der Waals surface area contributed by atoms with Gasteiger partial charge in [-0.1, -0.05) is 73.9 Å². The Bertz CT molecular complexity index is 1470. The third-order valence-corrected chi connectivity index (χ3v) is 9.27. The van der Waals surface area contributed by atoms with Gasteiger partial charge in [0.25, 0.3) is 0 Å². The summed E-state index contributed by atoms with van der Waals surface area (Å²) in [5, 5.41) is 15.3. The van der Waals surface area contributed by atoms with Crippen LogP contribution in [0.5, 0.6) is 0 Å². The molecular weight excluding hydrogens is 604 g/mol. The molecule has 9 heteroatoms. The van der Waals surface area contributed by atoms with Crippen molar-refractivity contribution >= 4 is 28.9 Å². The summed E-state index contributed by atoms with van der Waals surface area (Å²) in [6.07, 6.45) is 9.85. The highest BCUT2D eigenvalue weighted by atomic mass is 16.7. The first kappa shape index (κ1) is 35.3. The lowest BCUT2D eigenvalue weighted by atomic mass is 9.99. The Morgan fingerprint density at radius 3 is 2.21 bits per heavy atom. The fourth-order valence-corrected chi connectivity index (χ4v) is 6.62. The van der Waals surface area contributed by atoms with E-state index in [0.29, 0.717) is 48.8 Å². The van der Waals surface area contributed by atoms with Crippen LogP contribution in [0, 0.1) is 0 Å². The summed E-state index contributed by atoms with van der Waals surface area (Å²) in [4.78, 5) is 27.4. The number of carbonyl (C=O) groups is 2. The molecule has 0 aromatic heterocycles. The van der Waals surface area contributed by atoms with E-state index in [1.807, 2.05) is 66.7 Å². The van der Waals surface area contributed by atoms with E-state index in [9.17, 15) is 14.7 Å². The van der Waals surface area contributed by atoms with Gasteiger partial charge in [-0.2, -0.15) is 0 Å². The zero-order valence-electron chi connectivity index (χ0n) is 27.8. The van der Waals surface area contributed by atoms with Gasteiger partial charge in [0.15, 0.2) is 6.29 Å². The Morgan fingerprint density at radius 2 is 1.54 bits per heavy atom. The second-order valence-corrected chi connectivity index (χ2v) is 12.9. The SMILES string of the molecule is C=CCN(C[C@H]1C[C@@H](c2ccc(CO)cc2)O[C@@H](c2ccc(NC(=O)CCCCCC(=O)Nc3ccccc3N)cc2)O1)C1CCCC1. The lowest BCUT2D eigenvalue weighted by Gasteiger charge is -2.39. The van der Waals surface area contributed by atoms with Crippen molar-refractivity contribution in [2.75, 3.05) is 29.5 Å². The molecule has 5 N–H and O–H groups in total. The fraction of sp³-hybridized carbons (Fsp3) is 0.436. The van der Waals surface area contributed by atoms with E-state index in [2.05, 4.69) is 22.1 Å². The van der Waals surface area contributed by atoms with Crippen LogP contribution in [0.1, 0.15) is 93.3 Å². The number of carbonyl (C=O) groups excluding carboxylic acids is 2. The van der Waals surface area contributed by atoms with Crippen molar-refractivity contribution in [1.29, 1.82) is 0 Å². The molecule has 1 aliphatic carbocycles. The minimum Gasteiger partial charge on any atom is -0.397 e. The van der Waals surface area contributed by atoms with Gasteiger partial charge in [0.2, 0.25) is 11.8 Å². The Morgan fingerprint density at radius 1 is 0.875 bits per heavy atom. The maximum atomic E-state index is 12.6. The van der Waals surface area contributed by atoms with Gasteiger partial charge in [0.05, 0.1) is 30.2 Å². The van der Waals surface area contributed by atoms with Crippen LogP contribution in [0.15, 0.2) is 85.5 Å². The molecule has 3 aromatic rings. The van der Waals surface area contributed by atoms with Gasteiger partial charge in [-0.15, -0.1) is 6.58 Å². The van der Waals surface area contributed by atoms with Crippen LogP contribution in [0.4, 0.5) is 17.1 Å². The second-order valence-electron chi connectivity index (χ2n) is 12.9. The second kappa shape index (κ2) is 17.9. The third-order valence-electron chi connectivity index (χ3n) is 9.27. The Hall–Kier alpha value is -4.02. The molecule has 0 bridgehead atoms. The predicted octanol–water partition coefficient (Wildman–Crippen LogP) is 7.26. The van der Waals surface area contributed by atoms with Crippen molar-refractivity contribution in [1.82, 2.24) is 4.90 Å². The van der Waals surface area contributed by atoms with Gasteiger partial charge in [-0.05, 0) is 61.1 Å². The topological polar surface area (TPSA) is 126 Å². The quantitative estimate of drug-likeness (QED) is 0.0727. The molecule has 3 atom stereocenters. The summed E-state index contributed by atoms with van der Waals surface area (Å²) in [7, 11) is 0. The number of rotatable bonds is 16. The highest BCUT2D eigenvalue weighted by Crippen LogP contribution is 2.39. The van der Waals surface area contributed by atoms with E-state index in [1.54, 1.807) is 12.1 Å². The molecule has 0 unspecified atom stereocenters. The highest BCUT2D eigenvalue weighted by Gasteiger charge is 2.34. The van der Waals surface area contributed by atoms with Gasteiger partial charge >= 0.3 is 0 Å². The summed E-state index contributed by atoms with van der Waals surface area (Å²) in [5.74, 6) is -0.140. The molecule has 1 aliphatic heterocycles. The van der Waals surface area contributed by atoms with Crippen LogP contribution in [-0.2, 0) is 25.7 Å². The molecule has 0 spiro atoms. The van der Waals surface area contributed by atoms with Crippen molar-refractivity contribution in [3.63, 3.8) is 0 Å². The normalized spacial score (nSPS) is 19.7. The summed E-state index contributed by atoms with van der Waals surface area (Å²) in [6, 6.07) is 23.4. The van der Waals surface area contributed by atoms with E-state index in [1.165, 1.54) is 25.7 Å². The van der Waals surface area contributed by atoms with Crippen LogP contribution in [0.25, 0.3) is 0 Å². The first-order valence-electron chi connectivity index (χ1n) is 17.3. The van der Waals surface area contributed by atoms with Crippen molar-refractivity contribution in [2.45, 2.75) is 95.4 Å². The molecular formula is C39H50N4O5. The zero-order valence-corrected chi connectivity index (χ0v) is 27.8. The Balaban J connectivity index is 1.13. The molecule has 3 aromatic carbocycles. The summed E-state index contributed by atoms with van der Waals surface area (Å²) < 4.78 is 13.1. The first-order valence-corrected chi connectivity index (χ1v) is 17.3. The van der Waals surface area contributed by atoms with Crippen molar-refractivity contribution in [3.05, 3.63) is 102 Å². The summed E-state index contributed by atoms with van der Waals surface area (Å²) in [5.41, 5.74) is 10.6. The number of nitrogens with two attached hydrogens (primary N) is 1. The number of anilines is 3. The van der Waals surface area contributed by atoms with E-state index < -0.39 is 6.29 Å². The smallest absolute Gasteiger partial charge is 0.224 e. The lowest BCUT2D eigenvalue weighted by Crippen LogP contribution is -2.43. The molecule has 256 valence electrons. The average Bonchev–Trinajstić information content (AvgIpc) is 3.65. The zero-order chi connectivity index (χ0) is 33.7. The summed E-state index contributed by atoms with van der Waals surface area (Å²) in [6.45, 7) is 5.65. The van der Waals surface area contributed by atoms with Crippen LogP contribution in [0.3, 0.4) is 0 Å². The Labute approximate surface area is 284 Å². The Kier molecular flexibility index (Phi) is 13.2. The number of amides is 2. The standard InChI is InChI=1S/C39H50N4O5/c1-2-24-43(32-10-6-7-11-32)26-33-25-36(29-18-16-28(27-44)17-19-29)48-39(47-33)30-20-22-31(23-21-30)41-37(45)14-4-3-5-15-38(46)42-35-13-9-8-12-34(35)40/h2,8-9,12-13,16-23,32-33,36,39,44H,1,3-7,10-11,14-15,24-27,40H2,(H,41,45)(H,42,46)/t33-,36+,39+/m1/s1. The van der Waals surface area contributed by atoms with E-state index >= 15 is 0 Å². The molecule has 2 amide bonds. The monoisotopic (exact) mass is 654 g/mol. The minimum absolute atomic E-state index is 0.00509. The molecule has 1 saturated carbocycles. The van der Waals surface area contributed by atoms with Crippen molar-refractivity contribution in [3.8, 4) is 0 Å². The number of ether oxygens (including phenoxy) is 2. The minimum atomic E-state index is -0.555. The van der Waals surface area contributed by atoms with Gasteiger partial charge in [-0.25, -0.2) is 0 Å². The number of hydrogen-bond acceptors (Lipinski definition) is 7. The largest absolute Gasteiger partial charge is 0.397 e. The molecule has 1 heterocycles. The molecule has 2 aliphatic rings. The van der Waals surface area contributed by atoms with E-state index in [4.69, 9.17) is 15.2 Å². The maximum absolute atomic E-state index is 12.6. The van der Waals surface area contributed by atoms with Crippen LogP contribution in [-0.4, -0.2) is 47.1 Å². The number of nitrogens with one attached hydrogen (secondary N) is 2. The molecule has 0 radical (unpaired) electrons. The number of hydrogen-bond donors (Lipinski definition) is 4. The number of unbranched alkanes of at least 4 members (excludes halogenated alkanes) is 2. The van der Waals surface area contributed by atoms with Crippen LogP contribution >= 0.6 is 0 Å². The van der Waals surface area contributed by atoms with Gasteiger partial charge in [0, 0.05) is 49.6 Å². The van der Waals surface area contributed by atoms with Crippen molar-refractivity contribution < 1.29 is 24.2 Å². The number of nitrogens with zero attached hydrogens (tertiary/aromatic N) is 1. The average molecular weight is 655 g/mol. The maximum Gasteiger partial charge on any atom is 0.224 e. The fourth-order valence-electron chi connectivity index (χ4n) is 6.62. The number of aliphatic hydroxyl groups excluding tert-OH is 1. The van der Waals surface area contributed by atoms with E-state index in [-0.39, 0.29) is 30.6 Å². The van der Waals surface area contributed by atoms with Gasteiger partial charge in [0.1, 0.15) is 0 Å². The highest BCUT2D eigenvalue weighted by molar-refractivity contribution is 5.93. The molecule has 48 heavy (non-hydrogen) atoms. The predicted molar refractivity (Wildman–Crippen MR) is 190 cm³/mol. The summed E-state index contributed by atoms with van der Waals surface area (Å²) >= 11 is 0. The molecule has 9 nitrogen and oxygen atoms in total. The third kappa shape index (κ3) is 10.2. The van der Waals surface area contributed by atoms with E-state index in [0.717, 1.165) is 42.6 Å². The van der Waals surface area contributed by atoms with Gasteiger partial charge < -0.3 is 30.9 Å². The van der Waals surface area contributed by atoms with Gasteiger partial charge in [-0.3, -0.25) is 14.5 Å². The number of benzene rings is 3. The first-order chi connectivity index (χ1) is 23.4. The van der Waals surface area contributed by atoms with Crippen molar-refractivity contribution in [2.24, 2.45) is 0 Å². The number of nitrogen functional groups attached to an aromatic ring is 1. The number of para-hydroxylation sites is 2. The molecule has 1 saturated heterocycles. The van der Waals surface area contributed by atoms with Crippen LogP contribution in [0.2, 0.25) is 0 Å². The molecule has 5 rings (SSSR count). The number of aliphatic hydroxyl groups is 1. The molecule has 2 fully saturated rings. The van der Waals surface area contributed by atoms with Crippen LogP contribution < -0.4 is 16.4 Å². The lowest BCUT2D eigenvalue weighted by molar-refractivity contribution is -0.253.